The molecule has 0 atom stereocenters. The second-order valence-electron chi connectivity index (χ2n) is 4.08. The van der Waals surface area contributed by atoms with E-state index in [1.54, 1.807) is 7.05 Å². The molecule has 7 nitrogen and oxygen atoms in total. The number of non-ortho nitro benzene ring substituents is 1. The average molecular weight is 292 g/mol. The van der Waals surface area contributed by atoms with Crippen LogP contribution in [0.5, 0.6) is 11.6 Å². The zero-order valence-electron chi connectivity index (χ0n) is 11.5. The van der Waals surface area contributed by atoms with Crippen LogP contribution in [0.25, 0.3) is 0 Å². The third-order valence-electron chi connectivity index (χ3n) is 2.83. The Morgan fingerprint density at radius 2 is 2.19 bits per heavy atom. The van der Waals surface area contributed by atoms with E-state index in [4.69, 9.17) is 4.74 Å². The molecule has 0 radical (unpaired) electrons. The summed E-state index contributed by atoms with van der Waals surface area (Å²) < 4.78 is 19.2. The molecule has 0 aliphatic carbocycles. The SMILES string of the molecule is CCc1c(NC)ncnc1Oc1ccc([N+](=O)[O-])cc1F. The molecule has 0 aliphatic heterocycles. The Hall–Kier alpha value is -2.77. The standard InChI is InChI=1S/C13H13FN4O3/c1-3-9-12(15-2)16-7-17-13(9)21-11-5-4-8(18(19)20)6-10(11)14/h4-7H,3H2,1-2H3,(H,15,16,17). The summed E-state index contributed by atoms with van der Waals surface area (Å²) in [5.41, 5.74) is 0.354. The predicted molar refractivity (Wildman–Crippen MR) is 74.1 cm³/mol. The molecule has 1 N–H and O–H groups in total. The fourth-order valence-corrected chi connectivity index (χ4v) is 1.81. The minimum Gasteiger partial charge on any atom is -0.435 e. The minimum absolute atomic E-state index is 0.129. The number of benzene rings is 1. The summed E-state index contributed by atoms with van der Waals surface area (Å²) in [6.07, 6.45) is 1.88. The molecule has 0 saturated carbocycles. The van der Waals surface area contributed by atoms with Crippen molar-refractivity contribution in [1.29, 1.82) is 0 Å². The van der Waals surface area contributed by atoms with Crippen LogP contribution in [-0.2, 0) is 6.42 Å². The quantitative estimate of drug-likeness (QED) is 0.673. The molecule has 1 aromatic carbocycles. The zero-order valence-corrected chi connectivity index (χ0v) is 11.5. The third kappa shape index (κ3) is 3.04. The highest BCUT2D eigenvalue weighted by Gasteiger charge is 2.16. The van der Waals surface area contributed by atoms with Gasteiger partial charge in [0.05, 0.1) is 16.6 Å². The molecule has 110 valence electrons. The van der Waals surface area contributed by atoms with Crippen LogP contribution in [-0.4, -0.2) is 21.9 Å². The van der Waals surface area contributed by atoms with Crippen LogP contribution in [0.15, 0.2) is 24.5 Å². The second kappa shape index (κ2) is 6.12. The summed E-state index contributed by atoms with van der Waals surface area (Å²) >= 11 is 0. The van der Waals surface area contributed by atoms with Crippen molar-refractivity contribution in [3.8, 4) is 11.6 Å². The molecule has 8 heteroatoms. The highest BCUT2D eigenvalue weighted by Crippen LogP contribution is 2.30. The van der Waals surface area contributed by atoms with Crippen LogP contribution < -0.4 is 10.1 Å². The average Bonchev–Trinajstić information content (AvgIpc) is 2.48. The van der Waals surface area contributed by atoms with E-state index in [1.807, 2.05) is 6.92 Å². The smallest absolute Gasteiger partial charge is 0.272 e. The van der Waals surface area contributed by atoms with E-state index in [-0.39, 0.29) is 17.3 Å². The van der Waals surface area contributed by atoms with Gasteiger partial charge in [0.1, 0.15) is 12.1 Å². The van der Waals surface area contributed by atoms with Gasteiger partial charge < -0.3 is 10.1 Å². The van der Waals surface area contributed by atoms with E-state index in [0.717, 1.165) is 6.07 Å². The Bertz CT molecular complexity index is 678. The lowest BCUT2D eigenvalue weighted by atomic mass is 10.2. The molecule has 0 aliphatic rings. The van der Waals surface area contributed by atoms with Gasteiger partial charge in [-0.1, -0.05) is 6.92 Å². The number of nitrogens with one attached hydrogen (secondary N) is 1. The lowest BCUT2D eigenvalue weighted by molar-refractivity contribution is -0.385. The van der Waals surface area contributed by atoms with Crippen LogP contribution in [0, 0.1) is 15.9 Å². The molecular formula is C13H13FN4O3. The van der Waals surface area contributed by atoms with Crippen molar-refractivity contribution < 1.29 is 14.1 Å². The van der Waals surface area contributed by atoms with Gasteiger partial charge in [-0.05, 0) is 12.5 Å². The zero-order chi connectivity index (χ0) is 15.4. The first-order valence-electron chi connectivity index (χ1n) is 6.20. The van der Waals surface area contributed by atoms with Gasteiger partial charge in [-0.2, -0.15) is 0 Å². The Kier molecular flexibility index (Phi) is 4.27. The maximum Gasteiger partial charge on any atom is 0.272 e. The van der Waals surface area contributed by atoms with Gasteiger partial charge in [0.25, 0.3) is 5.69 Å². The van der Waals surface area contributed by atoms with Gasteiger partial charge in [-0.15, -0.1) is 0 Å². The predicted octanol–water partition coefficient (Wildman–Crippen LogP) is 2.92. The van der Waals surface area contributed by atoms with Crippen molar-refractivity contribution in [3.63, 3.8) is 0 Å². The molecule has 1 aromatic heterocycles. The topological polar surface area (TPSA) is 90.2 Å². The maximum atomic E-state index is 13.8. The van der Waals surface area contributed by atoms with Crippen LogP contribution in [0.4, 0.5) is 15.9 Å². The summed E-state index contributed by atoms with van der Waals surface area (Å²) in [5.74, 6) is -0.152. The van der Waals surface area contributed by atoms with Crippen molar-refractivity contribution >= 4 is 11.5 Å². The van der Waals surface area contributed by atoms with Crippen LogP contribution in [0.2, 0.25) is 0 Å². The van der Waals surface area contributed by atoms with E-state index in [2.05, 4.69) is 15.3 Å². The summed E-state index contributed by atoms with van der Waals surface area (Å²) in [7, 11) is 1.71. The highest BCUT2D eigenvalue weighted by molar-refractivity contribution is 5.49. The second-order valence-corrected chi connectivity index (χ2v) is 4.08. The first-order chi connectivity index (χ1) is 10.1. The van der Waals surface area contributed by atoms with Gasteiger partial charge in [0, 0.05) is 13.1 Å². The number of hydrogen-bond donors (Lipinski definition) is 1. The van der Waals surface area contributed by atoms with E-state index >= 15 is 0 Å². The normalized spacial score (nSPS) is 10.2. The molecule has 0 spiro atoms. The van der Waals surface area contributed by atoms with Crippen molar-refractivity contribution in [2.75, 3.05) is 12.4 Å². The van der Waals surface area contributed by atoms with E-state index in [1.165, 1.54) is 18.5 Å². The van der Waals surface area contributed by atoms with Crippen LogP contribution in [0.3, 0.4) is 0 Å². The van der Waals surface area contributed by atoms with Gasteiger partial charge in [-0.3, -0.25) is 10.1 Å². The number of nitro groups is 1. The van der Waals surface area contributed by atoms with Crippen molar-refractivity contribution in [3.05, 3.63) is 46.0 Å². The lowest BCUT2D eigenvalue weighted by Crippen LogP contribution is -2.03. The molecule has 21 heavy (non-hydrogen) atoms. The van der Waals surface area contributed by atoms with Crippen molar-refractivity contribution in [2.24, 2.45) is 0 Å². The van der Waals surface area contributed by atoms with Gasteiger partial charge in [0.15, 0.2) is 11.6 Å². The monoisotopic (exact) mass is 292 g/mol. The molecule has 0 saturated heterocycles. The largest absolute Gasteiger partial charge is 0.435 e. The van der Waals surface area contributed by atoms with Crippen molar-refractivity contribution in [1.82, 2.24) is 9.97 Å². The van der Waals surface area contributed by atoms with Crippen molar-refractivity contribution in [2.45, 2.75) is 13.3 Å². The summed E-state index contributed by atoms with van der Waals surface area (Å²) in [4.78, 5) is 17.9. The van der Waals surface area contributed by atoms with E-state index in [9.17, 15) is 14.5 Å². The molecular weight excluding hydrogens is 279 g/mol. The Morgan fingerprint density at radius 3 is 2.76 bits per heavy atom. The summed E-state index contributed by atoms with van der Waals surface area (Å²) in [6.45, 7) is 1.89. The van der Waals surface area contributed by atoms with Gasteiger partial charge >= 0.3 is 0 Å². The highest BCUT2D eigenvalue weighted by atomic mass is 19.1. The minimum atomic E-state index is -0.823. The number of nitrogens with zero attached hydrogens (tertiary/aromatic N) is 3. The molecule has 0 fully saturated rings. The lowest BCUT2D eigenvalue weighted by Gasteiger charge is -2.12. The maximum absolute atomic E-state index is 13.8. The van der Waals surface area contributed by atoms with Crippen LogP contribution >= 0.6 is 0 Å². The summed E-state index contributed by atoms with van der Waals surface area (Å²) in [6, 6.07) is 3.18. The summed E-state index contributed by atoms with van der Waals surface area (Å²) in [5, 5.41) is 13.5. The molecule has 2 rings (SSSR count). The number of ether oxygens (including phenoxy) is 1. The number of aromatic nitrogens is 2. The molecule has 0 bridgehead atoms. The fraction of sp³-hybridized carbons (Fsp3) is 0.231. The van der Waals surface area contributed by atoms with Gasteiger partial charge in [-0.25, -0.2) is 14.4 Å². The van der Waals surface area contributed by atoms with Gasteiger partial charge in [0.2, 0.25) is 5.88 Å². The number of hydrogen-bond acceptors (Lipinski definition) is 6. The number of halogens is 1. The molecule has 1 heterocycles. The number of nitro benzene ring substituents is 1. The molecule has 2 aromatic rings. The van der Waals surface area contributed by atoms with Crippen LogP contribution in [0.1, 0.15) is 12.5 Å². The van der Waals surface area contributed by atoms with E-state index < -0.39 is 10.7 Å². The first-order valence-corrected chi connectivity index (χ1v) is 6.20. The fourth-order valence-electron chi connectivity index (χ4n) is 1.81. The first kappa shape index (κ1) is 14.6. The number of anilines is 1. The van der Waals surface area contributed by atoms with E-state index in [0.29, 0.717) is 17.8 Å². The Morgan fingerprint density at radius 1 is 1.43 bits per heavy atom. The Balaban J connectivity index is 2.36. The third-order valence-corrected chi connectivity index (χ3v) is 2.83. The molecule has 0 unspecified atom stereocenters. The Labute approximate surface area is 120 Å². The number of rotatable bonds is 5. The molecule has 0 amide bonds.